The molecule has 1 atom stereocenters. The van der Waals surface area contributed by atoms with Crippen LogP contribution in [-0.2, 0) is 9.59 Å². The van der Waals surface area contributed by atoms with E-state index in [9.17, 15) is 14.4 Å². The number of anilines is 2. The quantitative estimate of drug-likeness (QED) is 0.860. The monoisotopic (exact) mass is 397 g/mol. The maximum absolute atomic E-state index is 13.2. The van der Waals surface area contributed by atoms with Crippen LogP contribution >= 0.6 is 11.6 Å². The van der Waals surface area contributed by atoms with Crippen molar-refractivity contribution in [1.82, 2.24) is 4.90 Å². The molecule has 1 unspecified atom stereocenters. The predicted octanol–water partition coefficient (Wildman–Crippen LogP) is 3.59. The zero-order chi connectivity index (χ0) is 20.1. The first-order chi connectivity index (χ1) is 13.3. The minimum atomic E-state index is -0.852. The van der Waals surface area contributed by atoms with E-state index in [1.54, 1.807) is 41.3 Å². The number of nitrogens with zero attached hydrogens (tertiary/aromatic N) is 2. The molecule has 144 valence electrons. The van der Waals surface area contributed by atoms with Gasteiger partial charge in [0.25, 0.3) is 5.91 Å². The molecule has 6 nitrogen and oxygen atoms in total. The first kappa shape index (κ1) is 18.5. The molecule has 2 aromatic carbocycles. The molecule has 2 aliphatic rings. The first-order valence-electron chi connectivity index (χ1n) is 9.11. The second-order valence-corrected chi connectivity index (χ2v) is 7.80. The van der Waals surface area contributed by atoms with E-state index in [-0.39, 0.29) is 24.3 Å². The lowest BCUT2D eigenvalue weighted by Crippen LogP contribution is -2.63. The number of carbonyl (C=O) groups excluding carboxylic acids is 3. The molecule has 2 heterocycles. The highest BCUT2D eigenvalue weighted by Crippen LogP contribution is 2.43. The van der Waals surface area contributed by atoms with Gasteiger partial charge >= 0.3 is 0 Å². The fourth-order valence-corrected chi connectivity index (χ4v) is 4.27. The predicted molar refractivity (Wildman–Crippen MR) is 107 cm³/mol. The van der Waals surface area contributed by atoms with E-state index in [0.29, 0.717) is 34.8 Å². The molecule has 1 fully saturated rings. The minimum Gasteiger partial charge on any atom is -0.324 e. The van der Waals surface area contributed by atoms with E-state index in [1.165, 1.54) is 4.90 Å². The number of aryl methyl sites for hydroxylation is 1. The summed E-state index contributed by atoms with van der Waals surface area (Å²) in [5, 5.41) is 3.43. The Hall–Kier alpha value is -2.86. The lowest BCUT2D eigenvalue weighted by atomic mass is 9.98. The second-order valence-electron chi connectivity index (χ2n) is 7.36. The standard InChI is InChI=1S/C21H20ClN3O3/c1-13-11-14(22)7-8-16(13)23-18(26)12-24-20(28)15-5-3-4-6-17(15)25-19(27)9-10-21(24,25)2/h3-8,11H,9-10,12H2,1-2H3,(H,23,26). The normalized spacial score (nSPS) is 20.8. The summed E-state index contributed by atoms with van der Waals surface area (Å²) in [6, 6.07) is 12.2. The Bertz CT molecular complexity index is 1010. The van der Waals surface area contributed by atoms with Crippen LogP contribution in [0.1, 0.15) is 35.7 Å². The molecule has 0 aromatic heterocycles. The van der Waals surface area contributed by atoms with Gasteiger partial charge in [0.1, 0.15) is 12.2 Å². The van der Waals surface area contributed by atoms with Crippen LogP contribution in [0.15, 0.2) is 42.5 Å². The number of nitrogens with one attached hydrogen (secondary N) is 1. The fourth-order valence-electron chi connectivity index (χ4n) is 4.04. The minimum absolute atomic E-state index is 0.0404. The molecule has 0 bridgehead atoms. The molecule has 0 radical (unpaired) electrons. The Kier molecular flexibility index (Phi) is 4.38. The summed E-state index contributed by atoms with van der Waals surface area (Å²) in [7, 11) is 0. The fraction of sp³-hybridized carbons (Fsp3) is 0.286. The van der Waals surface area contributed by atoms with Crippen molar-refractivity contribution >= 4 is 40.7 Å². The highest BCUT2D eigenvalue weighted by molar-refractivity contribution is 6.30. The smallest absolute Gasteiger partial charge is 0.258 e. The molecule has 1 N–H and O–H groups in total. The number of fused-ring (bicyclic) bond motifs is 3. The number of hydrogen-bond donors (Lipinski definition) is 1. The van der Waals surface area contributed by atoms with Crippen LogP contribution in [-0.4, -0.2) is 34.8 Å². The molecule has 2 aliphatic heterocycles. The highest BCUT2D eigenvalue weighted by atomic mass is 35.5. The maximum Gasteiger partial charge on any atom is 0.258 e. The van der Waals surface area contributed by atoms with Gasteiger partial charge in [0.15, 0.2) is 0 Å². The molecule has 0 saturated carbocycles. The van der Waals surface area contributed by atoms with Crippen LogP contribution in [0.5, 0.6) is 0 Å². The van der Waals surface area contributed by atoms with Crippen molar-refractivity contribution < 1.29 is 14.4 Å². The van der Waals surface area contributed by atoms with Crippen molar-refractivity contribution in [3.63, 3.8) is 0 Å². The van der Waals surface area contributed by atoms with Crippen molar-refractivity contribution in [2.24, 2.45) is 0 Å². The van der Waals surface area contributed by atoms with Crippen molar-refractivity contribution in [2.75, 3.05) is 16.8 Å². The van der Waals surface area contributed by atoms with Gasteiger partial charge in [-0.1, -0.05) is 23.7 Å². The molecule has 4 rings (SSSR count). The average Bonchev–Trinajstić information content (AvgIpc) is 2.97. The van der Waals surface area contributed by atoms with Crippen LogP contribution in [0.4, 0.5) is 11.4 Å². The second kappa shape index (κ2) is 6.63. The van der Waals surface area contributed by atoms with Gasteiger partial charge in [0, 0.05) is 17.1 Å². The summed E-state index contributed by atoms with van der Waals surface area (Å²) in [5.41, 5.74) is 1.67. The molecular formula is C21H20ClN3O3. The number of halogens is 1. The highest BCUT2D eigenvalue weighted by Gasteiger charge is 2.53. The van der Waals surface area contributed by atoms with Gasteiger partial charge in [-0.3, -0.25) is 19.3 Å². The van der Waals surface area contributed by atoms with Crippen LogP contribution in [0, 0.1) is 6.92 Å². The Morgan fingerprint density at radius 1 is 1.21 bits per heavy atom. The van der Waals surface area contributed by atoms with Crippen molar-refractivity contribution in [3.05, 3.63) is 58.6 Å². The summed E-state index contributed by atoms with van der Waals surface area (Å²) in [6.45, 7) is 3.55. The Balaban J connectivity index is 1.64. The summed E-state index contributed by atoms with van der Waals surface area (Å²) >= 11 is 5.97. The number of carbonyl (C=O) groups is 3. The van der Waals surface area contributed by atoms with E-state index in [1.807, 2.05) is 19.9 Å². The summed E-state index contributed by atoms with van der Waals surface area (Å²) in [4.78, 5) is 41.6. The van der Waals surface area contributed by atoms with Crippen molar-refractivity contribution in [3.8, 4) is 0 Å². The lowest BCUT2D eigenvalue weighted by Gasteiger charge is -2.48. The van der Waals surface area contributed by atoms with E-state index in [0.717, 1.165) is 5.56 Å². The maximum atomic E-state index is 13.2. The molecule has 1 saturated heterocycles. The van der Waals surface area contributed by atoms with Gasteiger partial charge in [-0.15, -0.1) is 0 Å². The molecule has 28 heavy (non-hydrogen) atoms. The molecule has 2 aromatic rings. The average molecular weight is 398 g/mol. The Morgan fingerprint density at radius 3 is 2.71 bits per heavy atom. The third-order valence-corrected chi connectivity index (χ3v) is 5.74. The Labute approximate surface area is 168 Å². The van der Waals surface area contributed by atoms with Gasteiger partial charge in [0.2, 0.25) is 11.8 Å². The van der Waals surface area contributed by atoms with Gasteiger partial charge in [-0.05, 0) is 56.2 Å². The molecule has 3 amide bonds. The summed E-state index contributed by atoms with van der Waals surface area (Å²) < 4.78 is 0. The van der Waals surface area contributed by atoms with Crippen LogP contribution in [0.3, 0.4) is 0 Å². The summed E-state index contributed by atoms with van der Waals surface area (Å²) in [6.07, 6.45) is 0.825. The van der Waals surface area contributed by atoms with Gasteiger partial charge in [-0.2, -0.15) is 0 Å². The Morgan fingerprint density at radius 2 is 1.96 bits per heavy atom. The molecule has 0 aliphatic carbocycles. The zero-order valence-corrected chi connectivity index (χ0v) is 16.4. The number of para-hydroxylation sites is 1. The van der Waals surface area contributed by atoms with E-state index < -0.39 is 5.66 Å². The largest absolute Gasteiger partial charge is 0.324 e. The van der Waals surface area contributed by atoms with Gasteiger partial charge in [-0.25, -0.2) is 0 Å². The number of benzene rings is 2. The third kappa shape index (κ3) is 2.85. The van der Waals surface area contributed by atoms with E-state index in [4.69, 9.17) is 11.6 Å². The SMILES string of the molecule is Cc1cc(Cl)ccc1NC(=O)CN1C(=O)c2ccccc2N2C(=O)CCC12C. The van der Waals surface area contributed by atoms with Crippen LogP contribution in [0.25, 0.3) is 0 Å². The van der Waals surface area contributed by atoms with Gasteiger partial charge < -0.3 is 10.2 Å². The number of hydrogen-bond acceptors (Lipinski definition) is 3. The molecular weight excluding hydrogens is 378 g/mol. The number of amides is 3. The third-order valence-electron chi connectivity index (χ3n) is 5.51. The van der Waals surface area contributed by atoms with E-state index in [2.05, 4.69) is 5.32 Å². The van der Waals surface area contributed by atoms with Crippen LogP contribution in [0.2, 0.25) is 5.02 Å². The summed E-state index contributed by atoms with van der Waals surface area (Å²) in [5.74, 6) is -0.605. The van der Waals surface area contributed by atoms with E-state index >= 15 is 0 Å². The van der Waals surface area contributed by atoms with Crippen molar-refractivity contribution in [2.45, 2.75) is 32.4 Å². The zero-order valence-electron chi connectivity index (χ0n) is 15.7. The lowest BCUT2D eigenvalue weighted by molar-refractivity contribution is -0.120. The van der Waals surface area contributed by atoms with Crippen LogP contribution < -0.4 is 10.2 Å². The van der Waals surface area contributed by atoms with Gasteiger partial charge in [0.05, 0.1) is 11.3 Å². The first-order valence-corrected chi connectivity index (χ1v) is 9.49. The molecule has 7 heteroatoms. The number of rotatable bonds is 3. The topological polar surface area (TPSA) is 69.7 Å². The van der Waals surface area contributed by atoms with Crippen molar-refractivity contribution in [1.29, 1.82) is 0 Å². The molecule has 0 spiro atoms.